The Hall–Kier alpha value is -1.92. The van der Waals surface area contributed by atoms with Gasteiger partial charge in [-0.25, -0.2) is 26.9 Å². The van der Waals surface area contributed by atoms with Crippen molar-refractivity contribution in [2.75, 3.05) is 5.73 Å². The standard InChI is InChI=1S/C10H5F5N2/c11-3-1-4(12)9-7(8(3)13)5(16)2-6(17-9)10(14)15/h1-2,10H,(H2,16,17). The summed E-state index contributed by atoms with van der Waals surface area (Å²) in [7, 11) is 0. The highest BCUT2D eigenvalue weighted by Crippen LogP contribution is 2.30. The van der Waals surface area contributed by atoms with Crippen molar-refractivity contribution in [3.8, 4) is 0 Å². The molecule has 1 aromatic heterocycles. The van der Waals surface area contributed by atoms with Gasteiger partial charge in [-0.1, -0.05) is 0 Å². The van der Waals surface area contributed by atoms with Crippen LogP contribution in [0.3, 0.4) is 0 Å². The van der Waals surface area contributed by atoms with Crippen molar-refractivity contribution in [2.45, 2.75) is 6.43 Å². The fourth-order valence-electron chi connectivity index (χ4n) is 1.46. The molecule has 17 heavy (non-hydrogen) atoms. The SMILES string of the molecule is Nc1cc(C(F)F)nc2c(F)cc(F)c(F)c12. The molecule has 1 heterocycles. The maximum atomic E-state index is 13.3. The average Bonchev–Trinajstić information content (AvgIpc) is 2.25. The van der Waals surface area contributed by atoms with Gasteiger partial charge in [-0.3, -0.25) is 0 Å². The predicted molar refractivity (Wildman–Crippen MR) is 51.0 cm³/mol. The van der Waals surface area contributed by atoms with Gasteiger partial charge in [0.2, 0.25) is 0 Å². The third kappa shape index (κ3) is 1.77. The fraction of sp³-hybridized carbons (Fsp3) is 0.100. The van der Waals surface area contributed by atoms with E-state index in [-0.39, 0.29) is 6.07 Å². The van der Waals surface area contributed by atoms with Gasteiger partial charge in [0.05, 0.1) is 5.39 Å². The predicted octanol–water partition coefficient (Wildman–Crippen LogP) is 3.17. The van der Waals surface area contributed by atoms with Gasteiger partial charge in [-0.05, 0) is 6.07 Å². The molecule has 7 heteroatoms. The van der Waals surface area contributed by atoms with Crippen LogP contribution in [0.25, 0.3) is 10.9 Å². The smallest absolute Gasteiger partial charge is 0.280 e. The summed E-state index contributed by atoms with van der Waals surface area (Å²) in [5.41, 5.74) is 3.30. The Balaban J connectivity index is 2.90. The molecule has 0 aliphatic heterocycles. The molecule has 1 aromatic carbocycles. The first-order valence-corrected chi connectivity index (χ1v) is 4.43. The van der Waals surface area contributed by atoms with Gasteiger partial charge in [0, 0.05) is 11.8 Å². The van der Waals surface area contributed by atoms with E-state index in [1.54, 1.807) is 0 Å². The molecule has 2 rings (SSSR count). The third-order valence-electron chi connectivity index (χ3n) is 2.20. The number of pyridine rings is 1. The van der Waals surface area contributed by atoms with Crippen molar-refractivity contribution in [1.82, 2.24) is 4.98 Å². The second-order valence-corrected chi connectivity index (χ2v) is 3.31. The van der Waals surface area contributed by atoms with Gasteiger partial charge >= 0.3 is 0 Å². The molecule has 0 aliphatic rings. The van der Waals surface area contributed by atoms with E-state index in [0.717, 1.165) is 0 Å². The van der Waals surface area contributed by atoms with Gasteiger partial charge in [0.25, 0.3) is 6.43 Å². The van der Waals surface area contributed by atoms with Gasteiger partial charge in [0.1, 0.15) is 11.2 Å². The van der Waals surface area contributed by atoms with Crippen LogP contribution < -0.4 is 5.73 Å². The van der Waals surface area contributed by atoms with Crippen molar-refractivity contribution < 1.29 is 22.0 Å². The molecule has 2 aromatic rings. The summed E-state index contributed by atoms with van der Waals surface area (Å²) < 4.78 is 64.3. The maximum absolute atomic E-state index is 13.3. The number of hydrogen-bond donors (Lipinski definition) is 1. The van der Waals surface area contributed by atoms with Crippen molar-refractivity contribution in [3.63, 3.8) is 0 Å². The largest absolute Gasteiger partial charge is 0.398 e. The monoisotopic (exact) mass is 248 g/mol. The summed E-state index contributed by atoms with van der Waals surface area (Å²) in [6.45, 7) is 0. The number of hydrogen-bond acceptors (Lipinski definition) is 2. The molecule has 0 atom stereocenters. The van der Waals surface area contributed by atoms with Crippen molar-refractivity contribution in [3.05, 3.63) is 35.3 Å². The molecule has 2 N–H and O–H groups in total. The van der Waals surface area contributed by atoms with Crippen LogP contribution in [0.4, 0.5) is 27.6 Å². The van der Waals surface area contributed by atoms with Crippen molar-refractivity contribution in [1.29, 1.82) is 0 Å². The first-order chi connectivity index (χ1) is 7.91. The van der Waals surface area contributed by atoms with Crippen LogP contribution in [-0.2, 0) is 0 Å². The number of rotatable bonds is 1. The molecule has 0 aliphatic carbocycles. The number of nitrogens with zero attached hydrogens (tertiary/aromatic N) is 1. The lowest BCUT2D eigenvalue weighted by molar-refractivity contribution is 0.146. The number of alkyl halides is 2. The number of anilines is 1. The number of halogens is 5. The molecule has 0 radical (unpaired) electrons. The number of fused-ring (bicyclic) bond motifs is 1. The quantitative estimate of drug-likeness (QED) is 0.621. The minimum atomic E-state index is -2.98. The topological polar surface area (TPSA) is 38.9 Å². The van der Waals surface area contributed by atoms with Gasteiger partial charge in [0.15, 0.2) is 17.5 Å². The lowest BCUT2D eigenvalue weighted by Crippen LogP contribution is -2.01. The molecular weight excluding hydrogens is 243 g/mol. The second kappa shape index (κ2) is 3.83. The fourth-order valence-corrected chi connectivity index (χ4v) is 1.46. The van der Waals surface area contributed by atoms with E-state index < -0.39 is 46.2 Å². The van der Waals surface area contributed by atoms with Crippen LogP contribution in [-0.4, -0.2) is 4.98 Å². The number of aromatic nitrogens is 1. The first-order valence-electron chi connectivity index (χ1n) is 4.43. The molecule has 2 nitrogen and oxygen atoms in total. The summed E-state index contributed by atoms with van der Waals surface area (Å²) in [5.74, 6) is -4.10. The highest BCUT2D eigenvalue weighted by Gasteiger charge is 2.19. The zero-order chi connectivity index (χ0) is 12.7. The highest BCUT2D eigenvalue weighted by molar-refractivity contribution is 5.91. The molecule has 0 bridgehead atoms. The molecule has 0 saturated carbocycles. The Bertz CT molecular complexity index is 597. The first kappa shape index (κ1) is 11.6. The minimum absolute atomic E-state index is 0.235. The van der Waals surface area contributed by atoms with Gasteiger partial charge < -0.3 is 5.73 Å². The van der Waals surface area contributed by atoms with Gasteiger partial charge in [-0.2, -0.15) is 0 Å². The van der Waals surface area contributed by atoms with E-state index in [9.17, 15) is 22.0 Å². The molecule has 90 valence electrons. The molecule has 0 unspecified atom stereocenters. The van der Waals surface area contributed by atoms with Crippen LogP contribution in [0.5, 0.6) is 0 Å². The summed E-state index contributed by atoms with van der Waals surface area (Å²) in [6.07, 6.45) is -2.98. The lowest BCUT2D eigenvalue weighted by Gasteiger charge is -2.07. The van der Waals surface area contributed by atoms with E-state index in [2.05, 4.69) is 4.98 Å². The molecular formula is C10H5F5N2. The second-order valence-electron chi connectivity index (χ2n) is 3.31. The van der Waals surface area contributed by atoms with Crippen LogP contribution in [0.15, 0.2) is 12.1 Å². The molecule has 0 saturated heterocycles. The van der Waals surface area contributed by atoms with Crippen LogP contribution in [0, 0.1) is 17.5 Å². The van der Waals surface area contributed by atoms with E-state index in [1.165, 1.54) is 0 Å². The summed E-state index contributed by atoms with van der Waals surface area (Å²) >= 11 is 0. The maximum Gasteiger partial charge on any atom is 0.280 e. The molecule has 0 fully saturated rings. The van der Waals surface area contributed by atoms with Crippen LogP contribution >= 0.6 is 0 Å². The summed E-state index contributed by atoms with van der Waals surface area (Å²) in [6, 6.07) is 0.925. The zero-order valence-corrected chi connectivity index (χ0v) is 8.15. The normalized spacial score (nSPS) is 11.4. The van der Waals surface area contributed by atoms with Crippen molar-refractivity contribution in [2.24, 2.45) is 0 Å². The Morgan fingerprint density at radius 3 is 2.29 bits per heavy atom. The third-order valence-corrected chi connectivity index (χ3v) is 2.20. The Morgan fingerprint density at radius 1 is 1.06 bits per heavy atom. The van der Waals surface area contributed by atoms with Crippen LogP contribution in [0.1, 0.15) is 12.1 Å². The van der Waals surface area contributed by atoms with Crippen LogP contribution in [0.2, 0.25) is 0 Å². The van der Waals surface area contributed by atoms with E-state index in [4.69, 9.17) is 5.73 Å². The Labute approximate surface area is 91.9 Å². The summed E-state index contributed by atoms with van der Waals surface area (Å²) in [5, 5.41) is -0.632. The summed E-state index contributed by atoms with van der Waals surface area (Å²) in [4.78, 5) is 3.23. The lowest BCUT2D eigenvalue weighted by atomic mass is 10.1. The van der Waals surface area contributed by atoms with E-state index in [1.807, 2.05) is 0 Å². The minimum Gasteiger partial charge on any atom is -0.398 e. The Kier molecular flexibility index (Phi) is 2.60. The average molecular weight is 248 g/mol. The zero-order valence-electron chi connectivity index (χ0n) is 8.15. The molecule has 0 spiro atoms. The number of nitrogen functional groups attached to an aromatic ring is 1. The molecule has 0 amide bonds. The van der Waals surface area contributed by atoms with Crippen molar-refractivity contribution >= 4 is 16.6 Å². The number of benzene rings is 1. The Morgan fingerprint density at radius 2 is 1.71 bits per heavy atom. The van der Waals surface area contributed by atoms with E-state index >= 15 is 0 Å². The number of nitrogens with two attached hydrogens (primary N) is 1. The van der Waals surface area contributed by atoms with E-state index in [0.29, 0.717) is 6.07 Å². The van der Waals surface area contributed by atoms with Gasteiger partial charge in [-0.15, -0.1) is 0 Å². The highest BCUT2D eigenvalue weighted by atomic mass is 19.3.